The molecule has 2 fully saturated rings. The van der Waals surface area contributed by atoms with Crippen LogP contribution in [-0.2, 0) is 9.59 Å². The first-order chi connectivity index (χ1) is 14.5. The van der Waals surface area contributed by atoms with Crippen LogP contribution in [0.25, 0.3) is 6.08 Å². The number of thiocarbonyl (C=S) groups is 1. The third-order valence-corrected chi connectivity index (χ3v) is 6.13. The second-order valence-electron chi connectivity index (χ2n) is 7.82. The minimum atomic E-state index is -0.466. The van der Waals surface area contributed by atoms with Crippen molar-refractivity contribution >= 4 is 46.6 Å². The Labute approximate surface area is 182 Å². The highest BCUT2D eigenvalue weighted by Crippen LogP contribution is 2.27. The number of hydrogen-bond donors (Lipinski definition) is 1. The third kappa shape index (κ3) is 3.87. The molecule has 2 aliphatic heterocycles. The van der Waals surface area contributed by atoms with E-state index < -0.39 is 11.8 Å². The first kappa shape index (κ1) is 20.3. The number of carbonyl (C=O) groups is 2. The highest BCUT2D eigenvalue weighted by Gasteiger charge is 2.35. The molecule has 2 aromatic rings. The van der Waals surface area contributed by atoms with Gasteiger partial charge in [0.1, 0.15) is 5.57 Å². The van der Waals surface area contributed by atoms with Gasteiger partial charge in [-0.25, -0.2) is 0 Å². The van der Waals surface area contributed by atoms with E-state index in [-0.39, 0.29) is 10.7 Å². The van der Waals surface area contributed by atoms with Crippen LogP contribution in [0.1, 0.15) is 36.0 Å². The lowest BCUT2D eigenvalue weighted by Crippen LogP contribution is -2.54. The molecule has 30 heavy (non-hydrogen) atoms. The SMILES string of the molecule is Cc1cccc(N2C(=O)C(=Cc3ccc(N4CCCCC4)cc3)C(=O)NC2=S)c1C. The van der Waals surface area contributed by atoms with E-state index in [9.17, 15) is 9.59 Å². The van der Waals surface area contributed by atoms with Crippen molar-refractivity contribution in [2.24, 2.45) is 0 Å². The molecule has 0 saturated carbocycles. The van der Waals surface area contributed by atoms with Crippen LogP contribution < -0.4 is 15.1 Å². The highest BCUT2D eigenvalue weighted by atomic mass is 32.1. The number of nitrogens with one attached hydrogen (secondary N) is 1. The van der Waals surface area contributed by atoms with Gasteiger partial charge in [-0.15, -0.1) is 0 Å². The first-order valence-corrected chi connectivity index (χ1v) is 10.7. The number of rotatable bonds is 3. The van der Waals surface area contributed by atoms with Crippen molar-refractivity contribution in [3.05, 3.63) is 64.7 Å². The lowest BCUT2D eigenvalue weighted by Gasteiger charge is -2.30. The molecular weight excluding hydrogens is 394 g/mol. The van der Waals surface area contributed by atoms with E-state index >= 15 is 0 Å². The van der Waals surface area contributed by atoms with Gasteiger partial charge in [-0.2, -0.15) is 0 Å². The Morgan fingerprint density at radius 2 is 1.67 bits per heavy atom. The topological polar surface area (TPSA) is 52.7 Å². The summed E-state index contributed by atoms with van der Waals surface area (Å²) in [5, 5.41) is 2.77. The summed E-state index contributed by atoms with van der Waals surface area (Å²) in [5.74, 6) is -0.871. The maximum Gasteiger partial charge on any atom is 0.270 e. The minimum absolute atomic E-state index is 0.0789. The van der Waals surface area contributed by atoms with E-state index in [1.54, 1.807) is 6.08 Å². The smallest absolute Gasteiger partial charge is 0.270 e. The summed E-state index contributed by atoms with van der Waals surface area (Å²) in [6, 6.07) is 13.7. The molecule has 5 nitrogen and oxygen atoms in total. The van der Waals surface area contributed by atoms with Crippen LogP contribution in [-0.4, -0.2) is 30.0 Å². The van der Waals surface area contributed by atoms with Crippen LogP contribution in [0.3, 0.4) is 0 Å². The van der Waals surface area contributed by atoms with Crippen LogP contribution in [0.5, 0.6) is 0 Å². The van der Waals surface area contributed by atoms with Crippen LogP contribution in [0.15, 0.2) is 48.0 Å². The fourth-order valence-electron chi connectivity index (χ4n) is 3.95. The van der Waals surface area contributed by atoms with Gasteiger partial charge in [0.2, 0.25) is 0 Å². The van der Waals surface area contributed by atoms with Crippen molar-refractivity contribution in [3.8, 4) is 0 Å². The number of hydrogen-bond acceptors (Lipinski definition) is 4. The zero-order chi connectivity index (χ0) is 21.3. The maximum absolute atomic E-state index is 13.2. The Morgan fingerprint density at radius 3 is 2.37 bits per heavy atom. The van der Waals surface area contributed by atoms with Crippen molar-refractivity contribution in [2.45, 2.75) is 33.1 Å². The molecule has 2 heterocycles. The van der Waals surface area contributed by atoms with Gasteiger partial charge >= 0.3 is 0 Å². The third-order valence-electron chi connectivity index (χ3n) is 5.84. The Morgan fingerprint density at radius 1 is 0.967 bits per heavy atom. The Kier molecular flexibility index (Phi) is 5.68. The molecule has 0 atom stereocenters. The average Bonchev–Trinajstić information content (AvgIpc) is 2.75. The lowest BCUT2D eigenvalue weighted by atomic mass is 10.0. The molecule has 2 aliphatic rings. The number of piperidine rings is 1. The summed E-state index contributed by atoms with van der Waals surface area (Å²) < 4.78 is 0. The average molecular weight is 420 g/mol. The summed E-state index contributed by atoms with van der Waals surface area (Å²) in [6.45, 7) is 6.07. The van der Waals surface area contributed by atoms with Crippen LogP contribution in [0, 0.1) is 13.8 Å². The van der Waals surface area contributed by atoms with E-state index in [2.05, 4.69) is 22.3 Å². The van der Waals surface area contributed by atoms with Gasteiger partial charge in [-0.3, -0.25) is 19.8 Å². The molecule has 0 bridgehead atoms. The van der Waals surface area contributed by atoms with Crippen LogP contribution >= 0.6 is 12.2 Å². The molecule has 0 unspecified atom stereocenters. The van der Waals surface area contributed by atoms with Crippen molar-refractivity contribution in [1.82, 2.24) is 5.32 Å². The summed E-state index contributed by atoms with van der Waals surface area (Å²) in [6.07, 6.45) is 5.36. The molecule has 6 heteroatoms. The fraction of sp³-hybridized carbons (Fsp3) is 0.292. The van der Waals surface area contributed by atoms with Crippen LogP contribution in [0.2, 0.25) is 0 Å². The number of amides is 2. The van der Waals surface area contributed by atoms with Crippen molar-refractivity contribution in [1.29, 1.82) is 0 Å². The molecule has 4 rings (SSSR count). The molecular formula is C24H25N3O2S. The molecule has 2 saturated heterocycles. The van der Waals surface area contributed by atoms with E-state index in [0.717, 1.165) is 29.8 Å². The molecule has 0 aromatic heterocycles. The van der Waals surface area contributed by atoms with Crippen molar-refractivity contribution < 1.29 is 9.59 Å². The van der Waals surface area contributed by atoms with Gasteiger partial charge in [-0.1, -0.05) is 24.3 Å². The fourth-order valence-corrected chi connectivity index (χ4v) is 4.23. The molecule has 2 aromatic carbocycles. The summed E-state index contributed by atoms with van der Waals surface area (Å²) in [5.41, 5.74) is 4.76. The first-order valence-electron chi connectivity index (χ1n) is 10.3. The molecule has 0 radical (unpaired) electrons. The van der Waals surface area contributed by atoms with E-state index in [1.165, 1.54) is 29.8 Å². The quantitative estimate of drug-likeness (QED) is 0.462. The Balaban J connectivity index is 1.63. The van der Waals surface area contributed by atoms with Crippen molar-refractivity contribution in [2.75, 3.05) is 22.9 Å². The summed E-state index contributed by atoms with van der Waals surface area (Å²) in [7, 11) is 0. The van der Waals surface area contributed by atoms with Crippen LogP contribution in [0.4, 0.5) is 11.4 Å². The lowest BCUT2D eigenvalue weighted by molar-refractivity contribution is -0.122. The second-order valence-corrected chi connectivity index (χ2v) is 8.20. The normalized spacial score (nSPS) is 18.7. The second kappa shape index (κ2) is 8.40. The summed E-state index contributed by atoms with van der Waals surface area (Å²) in [4.78, 5) is 29.6. The zero-order valence-corrected chi connectivity index (χ0v) is 18.1. The predicted molar refractivity (Wildman–Crippen MR) is 125 cm³/mol. The molecule has 2 amide bonds. The number of nitrogens with zero attached hydrogens (tertiary/aromatic N) is 2. The van der Waals surface area contributed by atoms with Crippen molar-refractivity contribution in [3.63, 3.8) is 0 Å². The van der Waals surface area contributed by atoms with Gasteiger partial charge in [0.15, 0.2) is 5.11 Å². The van der Waals surface area contributed by atoms with E-state index in [1.807, 2.05) is 44.2 Å². The molecule has 0 spiro atoms. The summed E-state index contributed by atoms with van der Waals surface area (Å²) >= 11 is 5.31. The molecule has 154 valence electrons. The molecule has 1 N–H and O–H groups in total. The Hall–Kier alpha value is -2.99. The standard InChI is InChI=1S/C24H25N3O2S/c1-16-7-6-8-21(17(16)2)27-23(29)20(22(28)25-24(27)30)15-18-9-11-19(12-10-18)26-13-4-3-5-14-26/h6-12,15H,3-5,13-14H2,1-2H3,(H,25,28,30). The number of aryl methyl sites for hydroxylation is 1. The number of anilines is 2. The van der Waals surface area contributed by atoms with E-state index in [4.69, 9.17) is 12.2 Å². The largest absolute Gasteiger partial charge is 0.372 e. The highest BCUT2D eigenvalue weighted by molar-refractivity contribution is 7.80. The van der Waals surface area contributed by atoms with Gasteiger partial charge in [-0.05, 0) is 86.3 Å². The van der Waals surface area contributed by atoms with Gasteiger partial charge < -0.3 is 4.90 Å². The minimum Gasteiger partial charge on any atom is -0.372 e. The van der Waals surface area contributed by atoms with E-state index in [0.29, 0.717) is 5.69 Å². The van der Waals surface area contributed by atoms with Gasteiger partial charge in [0.05, 0.1) is 5.69 Å². The van der Waals surface area contributed by atoms with Gasteiger partial charge in [0, 0.05) is 18.8 Å². The predicted octanol–water partition coefficient (Wildman–Crippen LogP) is 4.13. The van der Waals surface area contributed by atoms with Gasteiger partial charge in [0.25, 0.3) is 11.8 Å². The zero-order valence-electron chi connectivity index (χ0n) is 17.3. The monoisotopic (exact) mass is 419 g/mol. The Bertz CT molecular complexity index is 1040. The number of benzene rings is 2. The maximum atomic E-state index is 13.2. The number of carbonyl (C=O) groups excluding carboxylic acids is 2. The molecule has 0 aliphatic carbocycles.